The lowest BCUT2D eigenvalue weighted by molar-refractivity contribution is 0.237. The van der Waals surface area contributed by atoms with E-state index in [1.165, 1.54) is 105 Å². The Balaban J connectivity index is 1.41. The van der Waals surface area contributed by atoms with Crippen LogP contribution in [0.3, 0.4) is 0 Å². The van der Waals surface area contributed by atoms with Crippen LogP contribution in [0.25, 0.3) is 11.1 Å². The Morgan fingerprint density at radius 1 is 0.683 bits per heavy atom. The van der Waals surface area contributed by atoms with E-state index in [9.17, 15) is 0 Å². The molecule has 0 unspecified atom stereocenters. The van der Waals surface area contributed by atoms with Gasteiger partial charge >= 0.3 is 0 Å². The zero-order valence-electron chi connectivity index (χ0n) is 27.7. The van der Waals surface area contributed by atoms with Crippen LogP contribution in [0.2, 0.25) is 0 Å². The van der Waals surface area contributed by atoms with Crippen molar-refractivity contribution in [2.45, 2.75) is 150 Å². The average molecular weight is 559 g/mol. The standard InChI is InChI=1S/C40H62O/c1-7-30(8-2)24-25-41-40-34(10-4)27-38(28-35(40)11-5)39-23-22-37(26-33(39)9-3)36-20-18-32(19-21-36)17-16-31-14-12-29(6)13-15-31/h22-23,26-32,36H,7-21,24-25H2,1-6H3. The highest BCUT2D eigenvalue weighted by atomic mass is 16.5. The van der Waals surface area contributed by atoms with E-state index in [-0.39, 0.29) is 0 Å². The normalized spacial score (nSPS) is 23.2. The highest BCUT2D eigenvalue weighted by Gasteiger charge is 2.25. The van der Waals surface area contributed by atoms with Crippen molar-refractivity contribution < 1.29 is 4.74 Å². The summed E-state index contributed by atoms with van der Waals surface area (Å²) in [6, 6.07) is 12.4. The van der Waals surface area contributed by atoms with Crippen molar-refractivity contribution in [3.8, 4) is 16.9 Å². The summed E-state index contributed by atoms with van der Waals surface area (Å²) in [5.41, 5.74) is 8.67. The fourth-order valence-electron chi connectivity index (χ4n) is 7.96. The minimum atomic E-state index is 0.754. The van der Waals surface area contributed by atoms with Crippen LogP contribution < -0.4 is 4.74 Å². The Morgan fingerprint density at radius 3 is 1.78 bits per heavy atom. The number of aryl methyl sites for hydroxylation is 3. The molecule has 0 bridgehead atoms. The zero-order chi connectivity index (χ0) is 29.2. The lowest BCUT2D eigenvalue weighted by Crippen LogP contribution is -2.17. The Bertz CT molecular complexity index is 1020. The summed E-state index contributed by atoms with van der Waals surface area (Å²) in [5, 5.41) is 0. The number of rotatable bonds is 14. The summed E-state index contributed by atoms with van der Waals surface area (Å²) in [6.07, 6.45) is 21.4. The van der Waals surface area contributed by atoms with Gasteiger partial charge in [0.2, 0.25) is 0 Å². The summed E-state index contributed by atoms with van der Waals surface area (Å²) in [5.74, 6) is 5.67. The lowest BCUT2D eigenvalue weighted by atomic mass is 9.74. The van der Waals surface area contributed by atoms with E-state index in [0.29, 0.717) is 0 Å². The molecule has 2 aromatic rings. The molecular formula is C40H62O. The van der Waals surface area contributed by atoms with Gasteiger partial charge in [-0.05, 0) is 126 Å². The fraction of sp³-hybridized carbons (Fsp3) is 0.700. The first kappa shape index (κ1) is 32.2. The molecule has 1 nitrogen and oxygen atoms in total. The van der Waals surface area contributed by atoms with Gasteiger partial charge in [0.1, 0.15) is 5.75 Å². The van der Waals surface area contributed by atoms with Gasteiger partial charge in [0.25, 0.3) is 0 Å². The summed E-state index contributed by atoms with van der Waals surface area (Å²) < 4.78 is 6.49. The fourth-order valence-corrected chi connectivity index (χ4v) is 7.96. The van der Waals surface area contributed by atoms with Crippen LogP contribution in [0.1, 0.15) is 153 Å². The van der Waals surface area contributed by atoms with Gasteiger partial charge in [0.05, 0.1) is 6.61 Å². The minimum absolute atomic E-state index is 0.754. The molecule has 0 radical (unpaired) electrons. The van der Waals surface area contributed by atoms with E-state index in [2.05, 4.69) is 71.9 Å². The molecule has 0 atom stereocenters. The van der Waals surface area contributed by atoms with Crippen LogP contribution in [-0.2, 0) is 19.3 Å². The van der Waals surface area contributed by atoms with Crippen molar-refractivity contribution >= 4 is 0 Å². The summed E-state index contributed by atoms with van der Waals surface area (Å²) in [6.45, 7) is 14.8. The highest BCUT2D eigenvalue weighted by molar-refractivity contribution is 5.71. The number of hydrogen-bond donors (Lipinski definition) is 0. The molecule has 0 N–H and O–H groups in total. The molecule has 0 heterocycles. The summed E-state index contributed by atoms with van der Waals surface area (Å²) in [7, 11) is 0. The van der Waals surface area contributed by atoms with E-state index < -0.39 is 0 Å². The van der Waals surface area contributed by atoms with Gasteiger partial charge in [-0.15, -0.1) is 0 Å². The monoisotopic (exact) mass is 558 g/mol. The third kappa shape index (κ3) is 8.64. The molecule has 228 valence electrons. The van der Waals surface area contributed by atoms with Gasteiger partial charge in [0.15, 0.2) is 0 Å². The van der Waals surface area contributed by atoms with Crippen LogP contribution in [-0.4, -0.2) is 6.61 Å². The molecule has 41 heavy (non-hydrogen) atoms. The number of benzene rings is 2. The molecule has 2 fully saturated rings. The van der Waals surface area contributed by atoms with E-state index >= 15 is 0 Å². The summed E-state index contributed by atoms with van der Waals surface area (Å²) in [4.78, 5) is 0. The van der Waals surface area contributed by atoms with Crippen molar-refractivity contribution in [3.05, 3.63) is 52.6 Å². The van der Waals surface area contributed by atoms with Gasteiger partial charge in [-0.3, -0.25) is 0 Å². The maximum absolute atomic E-state index is 6.49. The quantitative estimate of drug-likeness (QED) is 0.224. The van der Waals surface area contributed by atoms with Crippen molar-refractivity contribution in [1.29, 1.82) is 0 Å². The van der Waals surface area contributed by atoms with Crippen LogP contribution >= 0.6 is 0 Å². The molecule has 0 amide bonds. The minimum Gasteiger partial charge on any atom is -0.493 e. The third-order valence-corrected chi connectivity index (χ3v) is 11.2. The Kier molecular flexibility index (Phi) is 12.7. The van der Waals surface area contributed by atoms with E-state index in [1.807, 2.05) is 0 Å². The van der Waals surface area contributed by atoms with Crippen molar-refractivity contribution in [2.75, 3.05) is 6.61 Å². The second-order valence-electron chi connectivity index (χ2n) is 13.8. The molecule has 1 heteroatoms. The zero-order valence-corrected chi connectivity index (χ0v) is 27.7. The van der Waals surface area contributed by atoms with E-state index in [1.54, 1.807) is 5.56 Å². The van der Waals surface area contributed by atoms with E-state index in [0.717, 1.165) is 67.6 Å². The van der Waals surface area contributed by atoms with Gasteiger partial charge in [0, 0.05) is 0 Å². The molecule has 2 aliphatic carbocycles. The molecule has 2 saturated carbocycles. The van der Waals surface area contributed by atoms with Gasteiger partial charge < -0.3 is 4.74 Å². The molecule has 0 spiro atoms. The average Bonchev–Trinajstić information content (AvgIpc) is 3.02. The molecule has 0 aliphatic heterocycles. The van der Waals surface area contributed by atoms with Crippen LogP contribution in [0.5, 0.6) is 5.75 Å². The van der Waals surface area contributed by atoms with Crippen LogP contribution in [0.4, 0.5) is 0 Å². The topological polar surface area (TPSA) is 9.23 Å². The SMILES string of the molecule is CCc1cc(C2CCC(CCC3CCC(C)CC3)CC2)ccc1-c1cc(CC)c(OCCC(CC)CC)c(CC)c1. The Morgan fingerprint density at radius 2 is 1.24 bits per heavy atom. The van der Waals surface area contributed by atoms with Crippen molar-refractivity contribution in [1.82, 2.24) is 0 Å². The first-order valence-corrected chi connectivity index (χ1v) is 17.9. The summed E-state index contributed by atoms with van der Waals surface area (Å²) >= 11 is 0. The molecule has 4 rings (SSSR count). The van der Waals surface area contributed by atoms with Gasteiger partial charge in [-0.25, -0.2) is 0 Å². The largest absolute Gasteiger partial charge is 0.493 e. The maximum Gasteiger partial charge on any atom is 0.125 e. The van der Waals surface area contributed by atoms with Gasteiger partial charge in [-0.1, -0.05) is 111 Å². The van der Waals surface area contributed by atoms with Crippen molar-refractivity contribution in [2.24, 2.45) is 23.7 Å². The third-order valence-electron chi connectivity index (χ3n) is 11.2. The Labute approximate surface area is 254 Å². The second kappa shape index (κ2) is 16.2. The first-order chi connectivity index (χ1) is 20.0. The van der Waals surface area contributed by atoms with Crippen LogP contribution in [0, 0.1) is 23.7 Å². The first-order valence-electron chi connectivity index (χ1n) is 17.9. The molecular weight excluding hydrogens is 496 g/mol. The second-order valence-corrected chi connectivity index (χ2v) is 13.8. The van der Waals surface area contributed by atoms with E-state index in [4.69, 9.17) is 4.74 Å². The molecule has 0 aromatic heterocycles. The number of ether oxygens (including phenoxy) is 1. The smallest absolute Gasteiger partial charge is 0.125 e. The molecule has 0 saturated heterocycles. The Hall–Kier alpha value is -1.76. The predicted molar refractivity (Wildman–Crippen MR) is 179 cm³/mol. The van der Waals surface area contributed by atoms with Gasteiger partial charge in [-0.2, -0.15) is 0 Å². The maximum atomic E-state index is 6.49. The predicted octanol–water partition coefficient (Wildman–Crippen LogP) is 12.1. The number of hydrogen-bond acceptors (Lipinski definition) is 1. The lowest BCUT2D eigenvalue weighted by Gasteiger charge is -2.31. The van der Waals surface area contributed by atoms with Crippen molar-refractivity contribution in [3.63, 3.8) is 0 Å². The van der Waals surface area contributed by atoms with Crippen LogP contribution in [0.15, 0.2) is 30.3 Å². The molecule has 2 aliphatic rings. The molecule has 2 aromatic carbocycles. The highest BCUT2D eigenvalue weighted by Crippen LogP contribution is 2.41.